The molecule has 2 aromatic rings. The summed E-state index contributed by atoms with van der Waals surface area (Å²) >= 11 is 5.45. The van der Waals surface area contributed by atoms with E-state index in [0.717, 1.165) is 17.6 Å². The Morgan fingerprint density at radius 1 is 1.28 bits per heavy atom. The number of rotatable bonds is 1. The zero-order chi connectivity index (χ0) is 12.7. The van der Waals surface area contributed by atoms with E-state index < -0.39 is 0 Å². The maximum absolute atomic E-state index is 3.51. The van der Waals surface area contributed by atoms with Gasteiger partial charge >= 0.3 is 0 Å². The first-order chi connectivity index (χ1) is 8.63. The Bertz CT molecular complexity index is 558. The van der Waals surface area contributed by atoms with Crippen LogP contribution in [0.15, 0.2) is 34.8 Å². The monoisotopic (exact) mass is 321 g/mol. The first-order valence-corrected chi connectivity index (χ1v) is 7.77. The predicted molar refractivity (Wildman–Crippen MR) is 81.4 cm³/mol. The van der Waals surface area contributed by atoms with Crippen LogP contribution in [0.25, 0.3) is 0 Å². The van der Waals surface area contributed by atoms with Gasteiger partial charge in [0.15, 0.2) is 0 Å². The highest BCUT2D eigenvalue weighted by atomic mass is 79.9. The van der Waals surface area contributed by atoms with Crippen molar-refractivity contribution in [3.63, 3.8) is 0 Å². The van der Waals surface area contributed by atoms with Crippen molar-refractivity contribution in [3.05, 3.63) is 55.7 Å². The van der Waals surface area contributed by atoms with Crippen molar-refractivity contribution in [2.45, 2.75) is 19.4 Å². The van der Waals surface area contributed by atoms with Crippen LogP contribution in [0.5, 0.6) is 0 Å². The fourth-order valence-corrected chi connectivity index (χ4v) is 4.14. The lowest BCUT2D eigenvalue weighted by molar-refractivity contribution is 0.299. The smallest absolute Gasteiger partial charge is 0.0328 e. The highest BCUT2D eigenvalue weighted by molar-refractivity contribution is 9.10. The lowest BCUT2D eigenvalue weighted by Gasteiger charge is -2.30. The van der Waals surface area contributed by atoms with Crippen LogP contribution in [0.4, 0.5) is 0 Å². The molecular formula is C15H16BrNS. The zero-order valence-corrected chi connectivity index (χ0v) is 13.0. The molecular weight excluding hydrogens is 306 g/mol. The van der Waals surface area contributed by atoms with Crippen LogP contribution in [0, 0.1) is 6.92 Å². The predicted octanol–water partition coefficient (Wildman–Crippen LogP) is 4.40. The number of hydrogen-bond acceptors (Lipinski definition) is 2. The van der Waals surface area contributed by atoms with Crippen molar-refractivity contribution >= 4 is 27.3 Å². The molecule has 0 N–H and O–H groups in total. The summed E-state index contributed by atoms with van der Waals surface area (Å²) in [6.07, 6.45) is 0. The molecule has 1 aliphatic heterocycles. The van der Waals surface area contributed by atoms with E-state index in [4.69, 9.17) is 0 Å². The Kier molecular flexibility index (Phi) is 3.31. The summed E-state index contributed by atoms with van der Waals surface area (Å²) in [7, 11) is 2.21. The summed E-state index contributed by atoms with van der Waals surface area (Å²) in [5, 5.41) is 0. The van der Waals surface area contributed by atoms with Gasteiger partial charge in [0.1, 0.15) is 0 Å². The van der Waals surface area contributed by atoms with Crippen LogP contribution in [-0.4, -0.2) is 18.5 Å². The van der Waals surface area contributed by atoms with E-state index in [9.17, 15) is 0 Å². The molecule has 1 nitrogen and oxygen atoms in total. The summed E-state index contributed by atoms with van der Waals surface area (Å²) in [4.78, 5) is 5.39. The fraction of sp³-hybridized carbons (Fsp3) is 0.333. The van der Waals surface area contributed by atoms with Crippen molar-refractivity contribution < 1.29 is 0 Å². The van der Waals surface area contributed by atoms with Gasteiger partial charge in [0.05, 0.1) is 0 Å². The van der Waals surface area contributed by atoms with Gasteiger partial charge in [0.2, 0.25) is 0 Å². The quantitative estimate of drug-likeness (QED) is 0.752. The number of fused-ring (bicyclic) bond motifs is 1. The molecule has 0 spiro atoms. The Labute approximate surface area is 121 Å². The molecule has 1 atom stereocenters. The summed E-state index contributed by atoms with van der Waals surface area (Å²) in [6, 6.07) is 11.1. The highest BCUT2D eigenvalue weighted by Gasteiger charge is 2.26. The molecule has 0 unspecified atom stereocenters. The van der Waals surface area contributed by atoms with Crippen molar-refractivity contribution in [2.75, 3.05) is 13.6 Å². The molecule has 3 heteroatoms. The average Bonchev–Trinajstić information content (AvgIpc) is 2.69. The van der Waals surface area contributed by atoms with Crippen LogP contribution in [0.1, 0.15) is 26.8 Å². The molecule has 1 aromatic heterocycles. The van der Waals surface area contributed by atoms with Gasteiger partial charge in [-0.2, -0.15) is 0 Å². The molecule has 2 heterocycles. The van der Waals surface area contributed by atoms with Crippen LogP contribution in [-0.2, 0) is 6.54 Å². The fourth-order valence-electron chi connectivity index (χ4n) is 2.70. The Morgan fingerprint density at radius 2 is 2.00 bits per heavy atom. The maximum Gasteiger partial charge on any atom is 0.0328 e. The van der Waals surface area contributed by atoms with Gasteiger partial charge in [-0.1, -0.05) is 28.1 Å². The zero-order valence-electron chi connectivity index (χ0n) is 10.6. The number of likely N-dealkylation sites (N-methyl/N-ethyl adjacent to an activating group) is 1. The van der Waals surface area contributed by atoms with Crippen LogP contribution >= 0.6 is 27.3 Å². The number of nitrogens with zero attached hydrogens (tertiary/aromatic N) is 1. The molecule has 94 valence electrons. The Morgan fingerprint density at radius 3 is 2.72 bits per heavy atom. The van der Waals surface area contributed by atoms with Gasteiger partial charge in [0, 0.05) is 33.2 Å². The van der Waals surface area contributed by atoms with Crippen LogP contribution in [0.2, 0.25) is 0 Å². The molecule has 0 bridgehead atoms. The number of aryl methyl sites for hydroxylation is 1. The average molecular weight is 322 g/mol. The maximum atomic E-state index is 3.51. The Balaban J connectivity index is 2.04. The SMILES string of the molecule is Cc1cc2c(s1)CN(C)C[C@H]2c1ccc(Br)cc1. The summed E-state index contributed by atoms with van der Waals surface area (Å²) in [5.74, 6) is 0.525. The second-order valence-electron chi connectivity index (χ2n) is 5.04. The van der Waals surface area contributed by atoms with Crippen LogP contribution < -0.4 is 0 Å². The molecule has 0 fully saturated rings. The van der Waals surface area contributed by atoms with E-state index >= 15 is 0 Å². The second-order valence-corrected chi connectivity index (χ2v) is 7.29. The van der Waals surface area contributed by atoms with Crippen molar-refractivity contribution in [3.8, 4) is 0 Å². The molecule has 0 radical (unpaired) electrons. The first-order valence-electron chi connectivity index (χ1n) is 6.16. The molecule has 18 heavy (non-hydrogen) atoms. The third-order valence-electron chi connectivity index (χ3n) is 3.52. The molecule has 0 saturated carbocycles. The lowest BCUT2D eigenvalue weighted by Crippen LogP contribution is -2.29. The van der Waals surface area contributed by atoms with Gasteiger partial charge in [-0.25, -0.2) is 0 Å². The van der Waals surface area contributed by atoms with E-state index in [1.165, 1.54) is 20.9 Å². The van der Waals surface area contributed by atoms with E-state index in [-0.39, 0.29) is 0 Å². The summed E-state index contributed by atoms with van der Waals surface area (Å²) in [5.41, 5.74) is 2.96. The van der Waals surface area contributed by atoms with Gasteiger partial charge in [-0.3, -0.25) is 0 Å². The van der Waals surface area contributed by atoms with Crippen molar-refractivity contribution in [2.24, 2.45) is 0 Å². The van der Waals surface area contributed by atoms with Crippen molar-refractivity contribution in [1.29, 1.82) is 0 Å². The van der Waals surface area contributed by atoms with E-state index in [0.29, 0.717) is 5.92 Å². The number of hydrogen-bond donors (Lipinski definition) is 0. The number of halogens is 1. The van der Waals surface area contributed by atoms with Gasteiger partial charge in [-0.15, -0.1) is 11.3 Å². The topological polar surface area (TPSA) is 3.24 Å². The van der Waals surface area contributed by atoms with Gasteiger partial charge < -0.3 is 4.90 Å². The minimum absolute atomic E-state index is 0.525. The minimum atomic E-state index is 0.525. The van der Waals surface area contributed by atoms with E-state index in [2.05, 4.69) is 65.1 Å². The molecule has 1 aliphatic rings. The summed E-state index contributed by atoms with van der Waals surface area (Å²) < 4.78 is 1.15. The molecule has 0 amide bonds. The second kappa shape index (κ2) is 4.80. The standard InChI is InChI=1S/C15H16BrNS/c1-10-7-13-14(8-17(2)9-15(13)18-10)11-3-5-12(16)6-4-11/h3-7,14H,8-9H2,1-2H3/t14-/m0/s1. The van der Waals surface area contributed by atoms with E-state index in [1.54, 1.807) is 0 Å². The van der Waals surface area contributed by atoms with E-state index in [1.807, 2.05) is 11.3 Å². The number of benzene rings is 1. The highest BCUT2D eigenvalue weighted by Crippen LogP contribution is 2.37. The molecule has 0 saturated heterocycles. The van der Waals surface area contributed by atoms with Crippen LogP contribution in [0.3, 0.4) is 0 Å². The minimum Gasteiger partial charge on any atom is -0.300 e. The largest absolute Gasteiger partial charge is 0.300 e. The lowest BCUT2D eigenvalue weighted by atomic mass is 9.88. The molecule has 0 aliphatic carbocycles. The first kappa shape index (κ1) is 12.4. The normalized spacial score (nSPS) is 19.8. The third-order valence-corrected chi connectivity index (χ3v) is 5.10. The number of thiophene rings is 1. The summed E-state index contributed by atoms with van der Waals surface area (Å²) in [6.45, 7) is 4.42. The molecule has 3 rings (SSSR count). The van der Waals surface area contributed by atoms with Crippen molar-refractivity contribution in [1.82, 2.24) is 4.90 Å². The van der Waals surface area contributed by atoms with Gasteiger partial charge in [-0.05, 0) is 43.3 Å². The third kappa shape index (κ3) is 2.27. The molecule has 1 aromatic carbocycles. The van der Waals surface area contributed by atoms with Gasteiger partial charge in [0.25, 0.3) is 0 Å². The Hall–Kier alpha value is -0.640.